The highest BCUT2D eigenvalue weighted by Gasteiger charge is 2.27. The average molecular weight is 469 g/mol. The Morgan fingerprint density at radius 1 is 0.793 bits per heavy atom. The van der Waals surface area contributed by atoms with Crippen LogP contribution in [0.4, 0.5) is 0 Å². The summed E-state index contributed by atoms with van der Waals surface area (Å²) in [6.45, 7) is -0.526. The van der Waals surface area contributed by atoms with Crippen LogP contribution < -0.4 is 21.7 Å². The molecule has 0 bridgehead atoms. The van der Waals surface area contributed by atoms with Crippen LogP contribution in [0, 0.1) is 0 Å². The van der Waals surface area contributed by atoms with Crippen LogP contribution in [0.15, 0.2) is 0 Å². The molecule has 0 rings (SSSR count). The number of hydrogen-bond donors (Lipinski definition) is 5. The first-order valence-electron chi connectivity index (χ1n) is 9.09. The first kappa shape index (κ1) is 27.9. The largest absolute Gasteiger partial charge is 0.480 e. The molecule has 29 heavy (non-hydrogen) atoms. The molecule has 0 radical (unpaired) electrons. The van der Waals surface area contributed by atoms with Gasteiger partial charge in [-0.05, 0) is 55.3 Å². The summed E-state index contributed by atoms with van der Waals surface area (Å²) in [7, 11) is 0. The standard InChI is InChI=1S/C17H32N4O5S3/c1-27-7-4-11(18)15(24)20-13(6-9-29-3)17(26)21-12(5-8-28-2)16(25)19-10-14(22)23/h11-13H,4-10,18H2,1-3H3,(H,19,25)(H,20,24)(H,21,26)(H,22,23). The first-order valence-corrected chi connectivity index (χ1v) is 13.3. The molecule has 0 aliphatic heterocycles. The topological polar surface area (TPSA) is 151 Å². The van der Waals surface area contributed by atoms with Crippen molar-refractivity contribution < 1.29 is 24.3 Å². The molecular weight excluding hydrogens is 436 g/mol. The summed E-state index contributed by atoms with van der Waals surface area (Å²) in [4.78, 5) is 48.0. The van der Waals surface area contributed by atoms with E-state index in [1.54, 1.807) is 11.8 Å². The van der Waals surface area contributed by atoms with Gasteiger partial charge in [-0.25, -0.2) is 0 Å². The van der Waals surface area contributed by atoms with Crippen molar-refractivity contribution in [3.05, 3.63) is 0 Å². The number of nitrogens with one attached hydrogen (secondary N) is 3. The van der Waals surface area contributed by atoms with Gasteiger partial charge >= 0.3 is 5.97 Å². The zero-order valence-corrected chi connectivity index (χ0v) is 19.5. The maximum atomic E-state index is 12.8. The average Bonchev–Trinajstić information content (AvgIpc) is 2.69. The fourth-order valence-corrected chi connectivity index (χ4v) is 3.65. The van der Waals surface area contributed by atoms with Crippen LogP contribution in [0.25, 0.3) is 0 Å². The van der Waals surface area contributed by atoms with Crippen molar-refractivity contribution in [3.8, 4) is 0 Å². The van der Waals surface area contributed by atoms with Gasteiger partial charge < -0.3 is 26.8 Å². The summed E-state index contributed by atoms with van der Waals surface area (Å²) in [6, 6.07) is -2.41. The normalized spacial score (nSPS) is 13.8. The summed E-state index contributed by atoms with van der Waals surface area (Å²) in [6.07, 6.45) is 6.91. The number of thioether (sulfide) groups is 3. The Kier molecular flexibility index (Phi) is 16.0. The molecule has 6 N–H and O–H groups in total. The predicted molar refractivity (Wildman–Crippen MR) is 121 cm³/mol. The van der Waals surface area contributed by atoms with Gasteiger partial charge in [0.05, 0.1) is 6.04 Å². The van der Waals surface area contributed by atoms with Gasteiger partial charge in [-0.1, -0.05) is 0 Å². The number of rotatable bonds is 16. The summed E-state index contributed by atoms with van der Waals surface area (Å²) >= 11 is 4.62. The van der Waals surface area contributed by atoms with Crippen molar-refractivity contribution in [2.45, 2.75) is 37.4 Å². The maximum absolute atomic E-state index is 12.8. The highest BCUT2D eigenvalue weighted by molar-refractivity contribution is 7.98. The highest BCUT2D eigenvalue weighted by Crippen LogP contribution is 2.06. The molecule has 0 heterocycles. The number of carboxylic acids is 1. The number of nitrogens with two attached hydrogens (primary N) is 1. The fourth-order valence-electron chi connectivity index (χ4n) is 2.22. The first-order chi connectivity index (χ1) is 13.8. The van der Waals surface area contributed by atoms with Crippen molar-refractivity contribution in [1.29, 1.82) is 0 Å². The lowest BCUT2D eigenvalue weighted by Gasteiger charge is -2.24. The lowest BCUT2D eigenvalue weighted by Crippen LogP contribution is -2.56. The monoisotopic (exact) mass is 468 g/mol. The van der Waals surface area contributed by atoms with Crippen molar-refractivity contribution in [2.24, 2.45) is 5.73 Å². The highest BCUT2D eigenvalue weighted by atomic mass is 32.2. The van der Waals surface area contributed by atoms with Crippen LogP contribution in [-0.4, -0.2) is 89.5 Å². The Morgan fingerprint density at radius 3 is 1.72 bits per heavy atom. The summed E-state index contributed by atoms with van der Waals surface area (Å²) in [5, 5.41) is 16.3. The van der Waals surface area contributed by atoms with Crippen molar-refractivity contribution >= 4 is 59.0 Å². The molecule has 3 amide bonds. The van der Waals surface area contributed by atoms with Gasteiger partial charge in [0.25, 0.3) is 0 Å². The van der Waals surface area contributed by atoms with Gasteiger partial charge in [0, 0.05) is 0 Å². The molecule has 0 aromatic heterocycles. The van der Waals surface area contributed by atoms with Crippen LogP contribution in [0.5, 0.6) is 0 Å². The number of amides is 3. The quantitative estimate of drug-likeness (QED) is 0.206. The van der Waals surface area contributed by atoms with Crippen molar-refractivity contribution in [2.75, 3.05) is 42.6 Å². The molecule has 12 heteroatoms. The van der Waals surface area contributed by atoms with E-state index in [2.05, 4.69) is 16.0 Å². The predicted octanol–water partition coefficient (Wildman–Crippen LogP) is -0.257. The Hall–Kier alpha value is -1.11. The van der Waals surface area contributed by atoms with Gasteiger partial charge in [0.1, 0.15) is 18.6 Å². The van der Waals surface area contributed by atoms with Gasteiger partial charge in [0.2, 0.25) is 17.7 Å². The summed E-state index contributed by atoms with van der Waals surface area (Å²) in [5.41, 5.74) is 5.88. The molecule has 0 saturated carbocycles. The van der Waals surface area contributed by atoms with Gasteiger partial charge in [-0.15, -0.1) is 0 Å². The molecule has 0 aliphatic rings. The van der Waals surface area contributed by atoms with E-state index in [1.807, 2.05) is 18.8 Å². The number of carbonyl (C=O) groups is 4. The molecule has 0 saturated heterocycles. The molecule has 0 aromatic carbocycles. The van der Waals surface area contributed by atoms with E-state index in [-0.39, 0.29) is 0 Å². The summed E-state index contributed by atoms with van der Waals surface area (Å²) < 4.78 is 0. The second kappa shape index (κ2) is 16.7. The van der Waals surface area contributed by atoms with Gasteiger partial charge in [-0.2, -0.15) is 35.3 Å². The molecule has 3 unspecified atom stereocenters. The van der Waals surface area contributed by atoms with Crippen LogP contribution in [0.2, 0.25) is 0 Å². The molecule has 0 aliphatic carbocycles. The third-order valence-electron chi connectivity index (χ3n) is 3.87. The zero-order valence-electron chi connectivity index (χ0n) is 17.1. The molecule has 0 spiro atoms. The SMILES string of the molecule is CSCCC(N)C(=O)NC(CCSC)C(=O)NC(CCSC)C(=O)NCC(=O)O. The number of aliphatic carboxylic acids is 1. The zero-order chi connectivity index (χ0) is 22.2. The van der Waals surface area contributed by atoms with E-state index >= 15 is 0 Å². The lowest BCUT2D eigenvalue weighted by atomic mass is 10.1. The second-order valence-electron chi connectivity index (χ2n) is 6.18. The number of hydrogen-bond acceptors (Lipinski definition) is 8. The minimum atomic E-state index is -1.17. The van der Waals surface area contributed by atoms with Crippen LogP contribution in [0.1, 0.15) is 19.3 Å². The van der Waals surface area contributed by atoms with E-state index in [1.165, 1.54) is 23.5 Å². The molecule has 168 valence electrons. The van der Waals surface area contributed by atoms with Gasteiger partial charge in [-0.3, -0.25) is 19.2 Å². The minimum Gasteiger partial charge on any atom is -0.480 e. The Morgan fingerprint density at radius 2 is 1.24 bits per heavy atom. The van der Waals surface area contributed by atoms with Gasteiger partial charge in [0.15, 0.2) is 0 Å². The Labute approximate surface area is 184 Å². The number of carboxylic acid groups (broad SMARTS) is 1. The third kappa shape index (κ3) is 12.9. The van der Waals surface area contributed by atoms with E-state index in [0.717, 1.165) is 5.75 Å². The van der Waals surface area contributed by atoms with E-state index in [9.17, 15) is 19.2 Å². The number of carbonyl (C=O) groups excluding carboxylic acids is 3. The second-order valence-corrected chi connectivity index (χ2v) is 9.14. The molecular formula is C17H32N4O5S3. The smallest absolute Gasteiger partial charge is 0.322 e. The molecule has 0 aromatic rings. The van der Waals surface area contributed by atoms with Crippen molar-refractivity contribution in [1.82, 2.24) is 16.0 Å². The lowest BCUT2D eigenvalue weighted by molar-refractivity contribution is -0.138. The molecule has 0 fully saturated rings. The fraction of sp³-hybridized carbons (Fsp3) is 0.765. The van der Waals surface area contributed by atoms with E-state index in [0.29, 0.717) is 30.8 Å². The minimum absolute atomic E-state index is 0.342. The van der Waals surface area contributed by atoms with E-state index < -0.39 is 48.4 Å². The van der Waals surface area contributed by atoms with Crippen molar-refractivity contribution in [3.63, 3.8) is 0 Å². The van der Waals surface area contributed by atoms with E-state index in [4.69, 9.17) is 10.8 Å². The van der Waals surface area contributed by atoms with Crippen LogP contribution >= 0.6 is 35.3 Å². The third-order valence-corrected chi connectivity index (χ3v) is 5.80. The van der Waals surface area contributed by atoms with Crippen LogP contribution in [0.3, 0.4) is 0 Å². The summed E-state index contributed by atoms with van der Waals surface area (Å²) in [5.74, 6) is -0.653. The Balaban J connectivity index is 5.07. The molecule has 3 atom stereocenters. The maximum Gasteiger partial charge on any atom is 0.322 e. The van der Waals surface area contributed by atoms with Crippen LogP contribution in [-0.2, 0) is 19.2 Å². The Bertz CT molecular complexity index is 539. The molecule has 9 nitrogen and oxygen atoms in total.